The van der Waals surface area contributed by atoms with E-state index in [1.165, 1.54) is 4.68 Å². The summed E-state index contributed by atoms with van der Waals surface area (Å²) in [4.78, 5) is 11.9. The van der Waals surface area contributed by atoms with Crippen molar-refractivity contribution < 1.29 is 4.74 Å². The van der Waals surface area contributed by atoms with Crippen LogP contribution < -0.4 is 10.9 Å². The van der Waals surface area contributed by atoms with Crippen LogP contribution in [0, 0.1) is 0 Å². The van der Waals surface area contributed by atoms with E-state index in [2.05, 4.69) is 17.3 Å². The Bertz CT molecular complexity index is 446. The lowest BCUT2D eigenvalue weighted by Crippen LogP contribution is -2.26. The fraction of sp³-hybridized carbons (Fsp3) is 0.692. The number of halogens is 1. The molecular weight excluding hydrogens is 266 g/mol. The van der Waals surface area contributed by atoms with Crippen molar-refractivity contribution in [1.82, 2.24) is 9.78 Å². The molecule has 0 aliphatic heterocycles. The number of hydrogen-bond acceptors (Lipinski definition) is 4. The Balaban J connectivity index is 2.51. The predicted octanol–water partition coefficient (Wildman–Crippen LogP) is 2.71. The Hall–Kier alpha value is -1.07. The van der Waals surface area contributed by atoms with Gasteiger partial charge in [-0.05, 0) is 20.3 Å². The van der Waals surface area contributed by atoms with Gasteiger partial charge in [0.1, 0.15) is 5.02 Å². The molecule has 0 saturated heterocycles. The van der Waals surface area contributed by atoms with Crippen molar-refractivity contribution in [2.45, 2.75) is 39.7 Å². The van der Waals surface area contributed by atoms with Crippen LogP contribution in [0.25, 0.3) is 0 Å². The molecule has 0 aliphatic rings. The van der Waals surface area contributed by atoms with Gasteiger partial charge >= 0.3 is 0 Å². The first-order chi connectivity index (χ1) is 9.07. The third-order valence-corrected chi connectivity index (χ3v) is 3.00. The van der Waals surface area contributed by atoms with Crippen LogP contribution in [0.3, 0.4) is 0 Å². The Labute approximate surface area is 118 Å². The van der Waals surface area contributed by atoms with Gasteiger partial charge in [-0.1, -0.05) is 24.9 Å². The van der Waals surface area contributed by atoms with E-state index in [4.69, 9.17) is 16.3 Å². The smallest absolute Gasteiger partial charge is 0.287 e. The summed E-state index contributed by atoms with van der Waals surface area (Å²) >= 11 is 6.03. The lowest BCUT2D eigenvalue weighted by Gasteiger charge is -2.12. The lowest BCUT2D eigenvalue weighted by atomic mass is 10.4. The Kier molecular flexibility index (Phi) is 6.87. The van der Waals surface area contributed by atoms with Crippen LogP contribution in [0.1, 0.15) is 39.7 Å². The minimum atomic E-state index is -0.270. The quantitative estimate of drug-likeness (QED) is 0.747. The number of nitrogens with one attached hydrogen (secondary N) is 1. The molecule has 1 aromatic heterocycles. The van der Waals surface area contributed by atoms with E-state index in [0.717, 1.165) is 19.4 Å². The summed E-state index contributed by atoms with van der Waals surface area (Å²) in [6.07, 6.45) is 3.76. The summed E-state index contributed by atoms with van der Waals surface area (Å²) in [5, 5.41) is 7.33. The molecule has 0 amide bonds. The van der Waals surface area contributed by atoms with Crippen LogP contribution in [0.15, 0.2) is 11.0 Å². The standard InChI is InChI=1S/C13H22ClN3O2/c1-4-5-7-19-8-6-15-11-9-16-17(10(2)3)13(18)12(11)14/h9-10,15H,4-8H2,1-3H3. The van der Waals surface area contributed by atoms with E-state index in [1.807, 2.05) is 13.8 Å². The topological polar surface area (TPSA) is 56.1 Å². The highest BCUT2D eigenvalue weighted by atomic mass is 35.5. The van der Waals surface area contributed by atoms with Crippen molar-refractivity contribution in [2.24, 2.45) is 0 Å². The number of unbranched alkanes of at least 4 members (excludes halogenated alkanes) is 1. The zero-order valence-electron chi connectivity index (χ0n) is 11.8. The molecule has 1 aromatic rings. The molecule has 0 aliphatic carbocycles. The molecule has 0 atom stereocenters. The third kappa shape index (κ3) is 4.84. The summed E-state index contributed by atoms with van der Waals surface area (Å²) in [6.45, 7) is 7.86. The second-order valence-corrected chi connectivity index (χ2v) is 4.99. The van der Waals surface area contributed by atoms with Gasteiger partial charge < -0.3 is 10.1 Å². The van der Waals surface area contributed by atoms with Crippen molar-refractivity contribution >= 4 is 17.3 Å². The average Bonchev–Trinajstić information content (AvgIpc) is 2.38. The highest BCUT2D eigenvalue weighted by molar-refractivity contribution is 6.32. The molecule has 1 rings (SSSR count). The van der Waals surface area contributed by atoms with Crippen molar-refractivity contribution in [3.63, 3.8) is 0 Å². The molecule has 6 heteroatoms. The summed E-state index contributed by atoms with van der Waals surface area (Å²) in [7, 11) is 0. The van der Waals surface area contributed by atoms with Gasteiger partial charge in [-0.25, -0.2) is 4.68 Å². The first-order valence-corrected chi connectivity index (χ1v) is 7.04. The minimum absolute atomic E-state index is 0.00331. The van der Waals surface area contributed by atoms with E-state index in [0.29, 0.717) is 18.8 Å². The maximum Gasteiger partial charge on any atom is 0.287 e. The maximum absolute atomic E-state index is 11.9. The van der Waals surface area contributed by atoms with Crippen LogP contribution in [0.5, 0.6) is 0 Å². The van der Waals surface area contributed by atoms with Crippen molar-refractivity contribution in [2.75, 3.05) is 25.1 Å². The molecule has 1 heterocycles. The molecule has 1 N–H and O–H groups in total. The van der Waals surface area contributed by atoms with E-state index in [9.17, 15) is 4.79 Å². The fourth-order valence-electron chi connectivity index (χ4n) is 1.54. The summed E-state index contributed by atoms with van der Waals surface area (Å²) < 4.78 is 6.78. The molecule has 0 saturated carbocycles. The number of aromatic nitrogens is 2. The molecule has 0 radical (unpaired) electrons. The monoisotopic (exact) mass is 287 g/mol. The normalized spacial score (nSPS) is 11.0. The molecule has 0 unspecified atom stereocenters. The molecule has 0 spiro atoms. The van der Waals surface area contributed by atoms with Crippen molar-refractivity contribution in [3.05, 3.63) is 21.6 Å². The molecular formula is C13H22ClN3O2. The van der Waals surface area contributed by atoms with Gasteiger partial charge in [0.2, 0.25) is 0 Å². The van der Waals surface area contributed by atoms with Gasteiger partial charge in [-0.3, -0.25) is 4.79 Å². The maximum atomic E-state index is 11.9. The first-order valence-electron chi connectivity index (χ1n) is 6.66. The number of ether oxygens (including phenoxy) is 1. The molecule has 0 aromatic carbocycles. The Morgan fingerprint density at radius 2 is 2.21 bits per heavy atom. The van der Waals surface area contributed by atoms with Crippen LogP contribution >= 0.6 is 11.6 Å². The van der Waals surface area contributed by atoms with Crippen LogP contribution in [0.4, 0.5) is 5.69 Å². The second kappa shape index (κ2) is 8.17. The molecule has 0 fully saturated rings. The number of nitrogens with zero attached hydrogens (tertiary/aromatic N) is 2. The zero-order valence-corrected chi connectivity index (χ0v) is 12.5. The lowest BCUT2D eigenvalue weighted by molar-refractivity contribution is 0.141. The van der Waals surface area contributed by atoms with Crippen molar-refractivity contribution in [1.29, 1.82) is 0 Å². The minimum Gasteiger partial charge on any atom is -0.380 e. The molecule has 0 bridgehead atoms. The highest BCUT2D eigenvalue weighted by Gasteiger charge is 2.10. The number of rotatable bonds is 8. The fourth-order valence-corrected chi connectivity index (χ4v) is 1.74. The van der Waals surface area contributed by atoms with Crippen LogP contribution in [-0.2, 0) is 4.74 Å². The number of hydrogen-bond donors (Lipinski definition) is 1. The average molecular weight is 288 g/mol. The first kappa shape index (κ1) is 16.0. The van der Waals surface area contributed by atoms with Crippen molar-refractivity contribution in [3.8, 4) is 0 Å². The van der Waals surface area contributed by atoms with E-state index in [-0.39, 0.29) is 16.6 Å². The van der Waals surface area contributed by atoms with Gasteiger partial charge in [0.15, 0.2) is 0 Å². The Morgan fingerprint density at radius 3 is 2.84 bits per heavy atom. The predicted molar refractivity (Wildman–Crippen MR) is 78.1 cm³/mol. The van der Waals surface area contributed by atoms with Gasteiger partial charge in [0.05, 0.1) is 24.5 Å². The van der Waals surface area contributed by atoms with E-state index >= 15 is 0 Å². The second-order valence-electron chi connectivity index (χ2n) is 4.61. The van der Waals surface area contributed by atoms with E-state index < -0.39 is 0 Å². The van der Waals surface area contributed by atoms with Gasteiger partial charge in [0.25, 0.3) is 5.56 Å². The summed E-state index contributed by atoms with van der Waals surface area (Å²) in [6, 6.07) is -0.00331. The van der Waals surface area contributed by atoms with Gasteiger partial charge in [-0.2, -0.15) is 5.10 Å². The number of anilines is 1. The Morgan fingerprint density at radius 1 is 1.47 bits per heavy atom. The largest absolute Gasteiger partial charge is 0.380 e. The van der Waals surface area contributed by atoms with Gasteiger partial charge in [-0.15, -0.1) is 0 Å². The summed E-state index contributed by atoms with van der Waals surface area (Å²) in [5.74, 6) is 0. The summed E-state index contributed by atoms with van der Waals surface area (Å²) in [5.41, 5.74) is 0.288. The SMILES string of the molecule is CCCCOCCNc1cnn(C(C)C)c(=O)c1Cl. The zero-order chi connectivity index (χ0) is 14.3. The van der Waals surface area contributed by atoms with Gasteiger partial charge in [0, 0.05) is 13.2 Å². The van der Waals surface area contributed by atoms with E-state index in [1.54, 1.807) is 6.20 Å². The van der Waals surface area contributed by atoms with Crippen LogP contribution in [-0.4, -0.2) is 29.5 Å². The highest BCUT2D eigenvalue weighted by Crippen LogP contribution is 2.15. The molecule has 19 heavy (non-hydrogen) atoms. The third-order valence-electron chi connectivity index (χ3n) is 2.64. The van der Waals surface area contributed by atoms with Crippen LogP contribution in [0.2, 0.25) is 5.02 Å². The molecule has 108 valence electrons. The molecule has 5 nitrogen and oxygen atoms in total.